The van der Waals surface area contributed by atoms with Crippen LogP contribution in [0.1, 0.15) is 29.0 Å². The van der Waals surface area contributed by atoms with E-state index >= 15 is 0 Å². The molecule has 1 aliphatic carbocycles. The molecule has 0 fully saturated rings. The second kappa shape index (κ2) is 12.4. The number of nitrogens with two attached hydrogens (primary N) is 1. The van der Waals surface area contributed by atoms with Crippen LogP contribution < -0.4 is 11.1 Å². The van der Waals surface area contributed by atoms with Crippen molar-refractivity contribution in [3.05, 3.63) is 193 Å². The minimum absolute atomic E-state index is 0.411. The summed E-state index contributed by atoms with van der Waals surface area (Å²) in [5.41, 5.74) is 17.5. The largest absolute Gasteiger partial charge is 0.312 e. The Morgan fingerprint density at radius 3 is 1.90 bits per heavy atom. The lowest BCUT2D eigenvalue weighted by Crippen LogP contribution is -2.31. The summed E-state index contributed by atoms with van der Waals surface area (Å²) in [6.07, 6.45) is 1.20. The molecule has 0 radical (unpaired) electrons. The van der Waals surface area contributed by atoms with E-state index in [9.17, 15) is 0 Å². The lowest BCUT2D eigenvalue weighted by atomic mass is 9.94. The topological polar surface area (TPSA) is 50.4 Å². The Bertz CT molecular complexity index is 2830. The van der Waals surface area contributed by atoms with Gasteiger partial charge in [0, 0.05) is 11.8 Å². The molecule has 9 aromatic rings. The summed E-state index contributed by atoms with van der Waals surface area (Å²) in [6.45, 7) is 0. The van der Waals surface area contributed by atoms with Gasteiger partial charge in [0.05, 0.1) is 6.17 Å². The molecule has 10 rings (SSSR count). The van der Waals surface area contributed by atoms with Crippen molar-refractivity contribution < 1.29 is 0 Å². The minimum Gasteiger partial charge on any atom is -0.312 e. The lowest BCUT2D eigenvalue weighted by Gasteiger charge is -2.22. The van der Waals surface area contributed by atoms with Gasteiger partial charge in [0.15, 0.2) is 0 Å². The molecule has 2 unspecified atom stereocenters. The van der Waals surface area contributed by atoms with Gasteiger partial charge in [0.1, 0.15) is 6.17 Å². The summed E-state index contributed by atoms with van der Waals surface area (Å²) < 4.78 is 0. The van der Waals surface area contributed by atoms with Gasteiger partial charge >= 0.3 is 0 Å². The fourth-order valence-electron chi connectivity index (χ4n) is 8.13. The molecule has 3 N–H and O–H groups in total. The van der Waals surface area contributed by atoms with Crippen molar-refractivity contribution in [2.75, 3.05) is 0 Å². The maximum Gasteiger partial charge on any atom is 0.127 e. The third kappa shape index (κ3) is 5.10. The molecule has 246 valence electrons. The van der Waals surface area contributed by atoms with Gasteiger partial charge in [-0.15, -0.1) is 0 Å². The zero-order chi connectivity index (χ0) is 34.6. The Balaban J connectivity index is 1.10. The van der Waals surface area contributed by atoms with Crippen molar-refractivity contribution in [1.82, 2.24) is 5.32 Å². The van der Waals surface area contributed by atoms with E-state index < -0.39 is 12.3 Å². The van der Waals surface area contributed by atoms with Gasteiger partial charge in [-0.25, -0.2) is 0 Å². The SMILES string of the molecule is NC(NC(/N=C/c1c2ccccc2cc2c1ccc1ccccc12)c1ccc2c(c1)-c1cccc3cccc-2c13)c1ccc(-c2ccccc2)cc1. The Kier molecular flexibility index (Phi) is 7.28. The number of nitrogens with one attached hydrogen (secondary N) is 1. The number of aliphatic imine (C=N–C) groups is 1. The smallest absolute Gasteiger partial charge is 0.127 e. The van der Waals surface area contributed by atoms with Gasteiger partial charge in [-0.05, 0) is 99.7 Å². The molecule has 0 spiro atoms. The molecule has 0 heterocycles. The van der Waals surface area contributed by atoms with E-state index in [2.05, 4.69) is 181 Å². The number of nitrogens with zero attached hydrogens (tertiary/aromatic N) is 1. The minimum atomic E-state index is -0.450. The lowest BCUT2D eigenvalue weighted by molar-refractivity contribution is 0.467. The molecule has 3 heteroatoms. The van der Waals surface area contributed by atoms with Gasteiger partial charge < -0.3 is 5.73 Å². The highest BCUT2D eigenvalue weighted by Gasteiger charge is 2.24. The van der Waals surface area contributed by atoms with E-state index in [1.165, 1.54) is 70.9 Å². The molecular formula is C49H35N3. The monoisotopic (exact) mass is 665 g/mol. The summed E-state index contributed by atoms with van der Waals surface area (Å²) in [5.74, 6) is 0. The van der Waals surface area contributed by atoms with Crippen molar-refractivity contribution in [2.45, 2.75) is 12.3 Å². The van der Waals surface area contributed by atoms with Crippen molar-refractivity contribution in [3.8, 4) is 33.4 Å². The molecule has 3 nitrogen and oxygen atoms in total. The van der Waals surface area contributed by atoms with E-state index in [-0.39, 0.29) is 0 Å². The van der Waals surface area contributed by atoms with Crippen molar-refractivity contribution in [2.24, 2.45) is 10.7 Å². The quantitative estimate of drug-likeness (QED) is 0.0770. The Morgan fingerprint density at radius 2 is 1.10 bits per heavy atom. The molecule has 2 atom stereocenters. The predicted octanol–water partition coefficient (Wildman–Crippen LogP) is 12.0. The van der Waals surface area contributed by atoms with Gasteiger partial charge in [0.2, 0.25) is 0 Å². The normalized spacial score (nSPS) is 13.3. The Labute approximate surface area is 302 Å². The third-order valence-corrected chi connectivity index (χ3v) is 10.7. The van der Waals surface area contributed by atoms with Gasteiger partial charge in [-0.2, -0.15) is 0 Å². The van der Waals surface area contributed by atoms with E-state index in [0.29, 0.717) is 0 Å². The number of benzene rings is 9. The average molecular weight is 666 g/mol. The fourth-order valence-corrected chi connectivity index (χ4v) is 8.13. The summed E-state index contributed by atoms with van der Waals surface area (Å²) >= 11 is 0. The Morgan fingerprint density at radius 1 is 0.442 bits per heavy atom. The number of hydrogen-bond donors (Lipinski definition) is 2. The average Bonchev–Trinajstić information content (AvgIpc) is 3.53. The third-order valence-electron chi connectivity index (χ3n) is 10.7. The maximum atomic E-state index is 6.99. The van der Waals surface area contributed by atoms with E-state index in [1.807, 2.05) is 6.07 Å². The van der Waals surface area contributed by atoms with Gasteiger partial charge in [-0.1, -0.05) is 164 Å². The van der Waals surface area contributed by atoms with Crippen LogP contribution in [0.15, 0.2) is 181 Å². The number of fused-ring (bicyclic) bond motifs is 7. The molecule has 0 saturated carbocycles. The molecule has 52 heavy (non-hydrogen) atoms. The van der Waals surface area contributed by atoms with E-state index in [4.69, 9.17) is 10.7 Å². The summed E-state index contributed by atoms with van der Waals surface area (Å²) in [7, 11) is 0. The standard InChI is InChI=1S/C49H35N3/c50-48(35-22-20-32(21-23-35)31-10-2-1-3-11-31)52-49(37-25-27-40-42-18-8-14-34-15-9-19-43(47(34)42)45(40)29-37)51-30-46-39-17-7-5-13-36(39)28-44-38-16-6-4-12-33(38)24-26-41(44)46/h1-30,48-49,52H,50H2/b51-30+. The van der Waals surface area contributed by atoms with Crippen molar-refractivity contribution in [1.29, 1.82) is 0 Å². The molecule has 9 aromatic carbocycles. The molecule has 0 bridgehead atoms. The first-order chi connectivity index (χ1) is 25.7. The van der Waals surface area contributed by atoms with Crippen LogP contribution in [0.5, 0.6) is 0 Å². The highest BCUT2D eigenvalue weighted by atomic mass is 15.1. The molecule has 0 aliphatic heterocycles. The van der Waals surface area contributed by atoms with Crippen LogP contribution in [-0.2, 0) is 0 Å². The maximum absolute atomic E-state index is 6.99. The summed E-state index contributed by atoms with van der Waals surface area (Å²) in [6, 6.07) is 62.9. The molecule has 0 saturated heterocycles. The second-order valence-electron chi connectivity index (χ2n) is 13.7. The van der Waals surface area contributed by atoms with Crippen LogP contribution in [0, 0.1) is 0 Å². The second-order valence-corrected chi connectivity index (χ2v) is 13.7. The van der Waals surface area contributed by atoms with E-state index in [1.54, 1.807) is 0 Å². The first-order valence-corrected chi connectivity index (χ1v) is 17.9. The number of hydrogen-bond acceptors (Lipinski definition) is 3. The van der Waals surface area contributed by atoms with E-state index in [0.717, 1.165) is 22.3 Å². The van der Waals surface area contributed by atoms with Crippen LogP contribution in [0.2, 0.25) is 0 Å². The van der Waals surface area contributed by atoms with Crippen LogP contribution >= 0.6 is 0 Å². The molecule has 0 aromatic heterocycles. The van der Waals surface area contributed by atoms with Crippen LogP contribution in [0.3, 0.4) is 0 Å². The van der Waals surface area contributed by atoms with Gasteiger partial charge in [-0.3, -0.25) is 10.3 Å². The Hall–Kier alpha value is -6.39. The van der Waals surface area contributed by atoms with Crippen LogP contribution in [-0.4, -0.2) is 6.21 Å². The zero-order valence-corrected chi connectivity index (χ0v) is 28.5. The van der Waals surface area contributed by atoms with Crippen LogP contribution in [0.4, 0.5) is 0 Å². The predicted molar refractivity (Wildman–Crippen MR) is 220 cm³/mol. The van der Waals surface area contributed by atoms with Gasteiger partial charge in [0.25, 0.3) is 0 Å². The highest BCUT2D eigenvalue weighted by Crippen LogP contribution is 2.48. The summed E-state index contributed by atoms with van der Waals surface area (Å²) in [4.78, 5) is 5.38. The summed E-state index contributed by atoms with van der Waals surface area (Å²) in [5, 5.41) is 13.5. The zero-order valence-electron chi connectivity index (χ0n) is 28.5. The van der Waals surface area contributed by atoms with Crippen LogP contribution in [0.25, 0.3) is 76.5 Å². The number of rotatable bonds is 7. The van der Waals surface area contributed by atoms with Crippen molar-refractivity contribution in [3.63, 3.8) is 0 Å². The molecular weight excluding hydrogens is 631 g/mol. The first kappa shape index (κ1) is 30.4. The molecule has 1 aliphatic rings. The van der Waals surface area contributed by atoms with Crippen molar-refractivity contribution >= 4 is 49.3 Å². The first-order valence-electron chi connectivity index (χ1n) is 17.9. The highest BCUT2D eigenvalue weighted by molar-refractivity contribution is 6.20. The molecule has 0 amide bonds. The fraction of sp³-hybridized carbons (Fsp3) is 0.0408.